The summed E-state index contributed by atoms with van der Waals surface area (Å²) in [4.78, 5) is 7.02. The van der Waals surface area contributed by atoms with Crippen LogP contribution in [-0.2, 0) is 13.1 Å². The first kappa shape index (κ1) is 15.4. The Morgan fingerprint density at radius 2 is 2.05 bits per heavy atom. The zero-order valence-corrected chi connectivity index (χ0v) is 12.8. The van der Waals surface area contributed by atoms with Gasteiger partial charge in [0.2, 0.25) is 0 Å². The fraction of sp³-hybridized carbons (Fsp3) is 0.867. The monoisotopic (exact) mass is 279 g/mol. The first-order valence-corrected chi connectivity index (χ1v) is 8.16. The molecule has 0 atom stereocenters. The third-order valence-corrected chi connectivity index (χ3v) is 4.33. The number of aromatic nitrogens is 3. The number of hydrogen-bond acceptors (Lipinski definition) is 4. The van der Waals surface area contributed by atoms with Gasteiger partial charge < -0.3 is 5.73 Å². The molecule has 0 spiro atoms. The van der Waals surface area contributed by atoms with Crippen molar-refractivity contribution in [1.29, 1.82) is 0 Å². The molecule has 5 nitrogen and oxygen atoms in total. The van der Waals surface area contributed by atoms with Crippen LogP contribution in [0.5, 0.6) is 0 Å². The molecule has 20 heavy (non-hydrogen) atoms. The Balaban J connectivity index is 2.01. The summed E-state index contributed by atoms with van der Waals surface area (Å²) in [6, 6.07) is 0.700. The number of rotatable bonds is 7. The fourth-order valence-electron chi connectivity index (χ4n) is 3.16. The van der Waals surface area contributed by atoms with Crippen LogP contribution in [0.25, 0.3) is 0 Å². The molecule has 1 heterocycles. The molecule has 0 saturated heterocycles. The minimum absolute atomic E-state index is 0.700. The van der Waals surface area contributed by atoms with Gasteiger partial charge in [-0.1, -0.05) is 25.7 Å². The first-order chi connectivity index (χ1) is 9.85. The van der Waals surface area contributed by atoms with Crippen molar-refractivity contribution in [1.82, 2.24) is 19.7 Å². The van der Waals surface area contributed by atoms with Crippen molar-refractivity contribution < 1.29 is 0 Å². The Morgan fingerprint density at radius 3 is 2.70 bits per heavy atom. The SMILES string of the molecule is CCn1ncnc1CN(CCCN)C1CCCCCC1. The minimum atomic E-state index is 0.700. The van der Waals surface area contributed by atoms with Crippen LogP contribution in [0, 0.1) is 0 Å². The predicted molar refractivity (Wildman–Crippen MR) is 81.3 cm³/mol. The molecule has 114 valence electrons. The molecule has 0 aliphatic heterocycles. The van der Waals surface area contributed by atoms with Crippen molar-refractivity contribution in [3.63, 3.8) is 0 Å². The van der Waals surface area contributed by atoms with Crippen LogP contribution >= 0.6 is 0 Å². The molecule has 0 unspecified atom stereocenters. The van der Waals surface area contributed by atoms with Crippen molar-refractivity contribution in [2.75, 3.05) is 13.1 Å². The number of aryl methyl sites for hydroxylation is 1. The van der Waals surface area contributed by atoms with E-state index in [9.17, 15) is 0 Å². The molecule has 2 N–H and O–H groups in total. The second-order valence-corrected chi connectivity index (χ2v) is 5.75. The molecular formula is C15H29N5. The smallest absolute Gasteiger partial charge is 0.141 e. The van der Waals surface area contributed by atoms with E-state index in [1.54, 1.807) is 6.33 Å². The van der Waals surface area contributed by atoms with Crippen molar-refractivity contribution in [2.24, 2.45) is 5.73 Å². The van der Waals surface area contributed by atoms with Crippen molar-refractivity contribution in [3.8, 4) is 0 Å². The van der Waals surface area contributed by atoms with E-state index in [0.29, 0.717) is 6.04 Å². The molecule has 0 aromatic carbocycles. The fourth-order valence-corrected chi connectivity index (χ4v) is 3.16. The summed E-state index contributed by atoms with van der Waals surface area (Å²) in [7, 11) is 0. The van der Waals surface area contributed by atoms with E-state index in [2.05, 4.69) is 21.9 Å². The van der Waals surface area contributed by atoms with Crippen LogP contribution in [0.2, 0.25) is 0 Å². The lowest BCUT2D eigenvalue weighted by Crippen LogP contribution is -2.37. The third kappa shape index (κ3) is 4.28. The van der Waals surface area contributed by atoms with Crippen LogP contribution in [0.1, 0.15) is 57.7 Å². The summed E-state index contributed by atoms with van der Waals surface area (Å²) in [5, 5.41) is 4.29. The summed E-state index contributed by atoms with van der Waals surface area (Å²) < 4.78 is 2.01. The Kier molecular flexibility index (Phi) is 6.47. The number of nitrogens with two attached hydrogens (primary N) is 1. The van der Waals surface area contributed by atoms with E-state index in [1.165, 1.54) is 38.5 Å². The second kappa shape index (κ2) is 8.37. The maximum absolute atomic E-state index is 5.71. The quantitative estimate of drug-likeness (QED) is 0.777. The summed E-state index contributed by atoms with van der Waals surface area (Å²) in [5.74, 6) is 1.09. The summed E-state index contributed by atoms with van der Waals surface area (Å²) in [6.45, 7) is 5.78. The third-order valence-electron chi connectivity index (χ3n) is 4.33. The van der Waals surface area contributed by atoms with E-state index in [1.807, 2.05) is 4.68 Å². The van der Waals surface area contributed by atoms with Gasteiger partial charge in [-0.05, 0) is 32.7 Å². The van der Waals surface area contributed by atoms with Gasteiger partial charge >= 0.3 is 0 Å². The van der Waals surface area contributed by atoms with Crippen LogP contribution in [-0.4, -0.2) is 38.8 Å². The largest absolute Gasteiger partial charge is 0.330 e. The lowest BCUT2D eigenvalue weighted by atomic mass is 10.1. The van der Waals surface area contributed by atoms with Crippen LogP contribution in [0.3, 0.4) is 0 Å². The lowest BCUT2D eigenvalue weighted by Gasteiger charge is -2.30. The zero-order valence-electron chi connectivity index (χ0n) is 12.8. The van der Waals surface area contributed by atoms with E-state index in [-0.39, 0.29) is 0 Å². The van der Waals surface area contributed by atoms with Gasteiger partial charge in [-0.3, -0.25) is 4.90 Å². The van der Waals surface area contributed by atoms with E-state index in [4.69, 9.17) is 5.73 Å². The Hall–Kier alpha value is -0.940. The van der Waals surface area contributed by atoms with Gasteiger partial charge in [0.1, 0.15) is 12.2 Å². The van der Waals surface area contributed by atoms with Crippen LogP contribution in [0.15, 0.2) is 6.33 Å². The molecule has 0 bridgehead atoms. The molecule has 1 fully saturated rings. The highest BCUT2D eigenvalue weighted by Crippen LogP contribution is 2.23. The predicted octanol–water partition coefficient (Wildman–Crippen LogP) is 2.17. The topological polar surface area (TPSA) is 60.0 Å². The summed E-state index contributed by atoms with van der Waals surface area (Å²) in [6.07, 6.45) is 10.9. The molecule has 1 aromatic heterocycles. The van der Waals surface area contributed by atoms with Gasteiger partial charge in [0, 0.05) is 19.1 Å². The molecule has 0 radical (unpaired) electrons. The highest BCUT2D eigenvalue weighted by atomic mass is 15.3. The molecule has 5 heteroatoms. The maximum Gasteiger partial charge on any atom is 0.141 e. The van der Waals surface area contributed by atoms with Crippen molar-refractivity contribution in [3.05, 3.63) is 12.2 Å². The van der Waals surface area contributed by atoms with Gasteiger partial charge in [-0.15, -0.1) is 0 Å². The Morgan fingerprint density at radius 1 is 1.30 bits per heavy atom. The highest BCUT2D eigenvalue weighted by Gasteiger charge is 2.21. The molecule has 1 aliphatic carbocycles. The number of nitrogens with zero attached hydrogens (tertiary/aromatic N) is 4. The van der Waals surface area contributed by atoms with E-state index in [0.717, 1.165) is 38.4 Å². The summed E-state index contributed by atoms with van der Waals surface area (Å²) in [5.41, 5.74) is 5.71. The highest BCUT2D eigenvalue weighted by molar-refractivity contribution is 4.87. The van der Waals surface area contributed by atoms with E-state index < -0.39 is 0 Å². The van der Waals surface area contributed by atoms with Gasteiger partial charge in [0.15, 0.2) is 0 Å². The normalized spacial score (nSPS) is 17.6. The van der Waals surface area contributed by atoms with Gasteiger partial charge in [-0.25, -0.2) is 9.67 Å². The van der Waals surface area contributed by atoms with Crippen LogP contribution in [0.4, 0.5) is 0 Å². The minimum Gasteiger partial charge on any atom is -0.330 e. The average molecular weight is 279 g/mol. The molecule has 1 aromatic rings. The zero-order chi connectivity index (χ0) is 14.2. The molecular weight excluding hydrogens is 250 g/mol. The Labute approximate surface area is 122 Å². The standard InChI is InChI=1S/C15H29N5/c1-2-20-15(17-13-18-20)12-19(11-7-10-16)14-8-5-3-4-6-9-14/h13-14H,2-12,16H2,1H3. The van der Waals surface area contributed by atoms with Gasteiger partial charge in [0.05, 0.1) is 6.54 Å². The Bertz CT molecular complexity index is 368. The second-order valence-electron chi connectivity index (χ2n) is 5.75. The average Bonchev–Trinajstić information content (AvgIpc) is 2.74. The van der Waals surface area contributed by atoms with Crippen molar-refractivity contribution >= 4 is 0 Å². The summed E-state index contributed by atoms with van der Waals surface area (Å²) >= 11 is 0. The molecule has 0 amide bonds. The number of hydrogen-bond donors (Lipinski definition) is 1. The lowest BCUT2D eigenvalue weighted by molar-refractivity contribution is 0.162. The van der Waals surface area contributed by atoms with Crippen molar-refractivity contribution in [2.45, 2.75) is 71.0 Å². The first-order valence-electron chi connectivity index (χ1n) is 8.16. The maximum atomic E-state index is 5.71. The van der Waals surface area contributed by atoms with Gasteiger partial charge in [-0.2, -0.15) is 5.10 Å². The van der Waals surface area contributed by atoms with E-state index >= 15 is 0 Å². The van der Waals surface area contributed by atoms with Gasteiger partial charge in [0.25, 0.3) is 0 Å². The molecule has 1 saturated carbocycles. The molecule has 1 aliphatic rings. The molecule has 2 rings (SSSR count). The van der Waals surface area contributed by atoms with Crippen LogP contribution < -0.4 is 5.73 Å².